The summed E-state index contributed by atoms with van der Waals surface area (Å²) in [5, 5.41) is 12.9. The third-order valence-corrected chi connectivity index (χ3v) is 3.44. The van der Waals surface area contributed by atoms with Crippen LogP contribution in [0.5, 0.6) is 0 Å². The van der Waals surface area contributed by atoms with Crippen molar-refractivity contribution in [1.82, 2.24) is 4.98 Å². The molecule has 0 saturated carbocycles. The maximum Gasteiger partial charge on any atom is 0.413 e. The van der Waals surface area contributed by atoms with Gasteiger partial charge in [0, 0.05) is 11.6 Å². The number of rotatable bonds is 4. The fraction of sp³-hybridized carbons (Fsp3) is 0.0556. The Hall–Kier alpha value is -3.41. The zero-order chi connectivity index (χ0) is 16.9. The van der Waals surface area contributed by atoms with E-state index in [0.29, 0.717) is 16.6 Å². The lowest BCUT2D eigenvalue weighted by Gasteiger charge is -2.09. The molecule has 0 aliphatic rings. The number of aromatic carboxylic acids is 1. The van der Waals surface area contributed by atoms with E-state index in [1.165, 1.54) is 18.3 Å². The molecule has 0 spiro atoms. The van der Waals surface area contributed by atoms with Gasteiger partial charge in [-0.1, -0.05) is 30.3 Å². The number of hydrogen-bond donors (Lipinski definition) is 2. The van der Waals surface area contributed by atoms with Crippen molar-refractivity contribution in [3.8, 4) is 0 Å². The summed E-state index contributed by atoms with van der Waals surface area (Å²) in [5.74, 6) is -0.687. The molecule has 0 aliphatic carbocycles. The van der Waals surface area contributed by atoms with Gasteiger partial charge in [-0.15, -0.1) is 0 Å². The highest BCUT2D eigenvalue weighted by atomic mass is 16.5. The maximum atomic E-state index is 11.9. The molecule has 6 heteroatoms. The van der Waals surface area contributed by atoms with Gasteiger partial charge in [-0.25, -0.2) is 14.6 Å². The van der Waals surface area contributed by atoms with E-state index in [9.17, 15) is 9.59 Å². The second-order valence-corrected chi connectivity index (χ2v) is 5.09. The van der Waals surface area contributed by atoms with E-state index in [1.807, 2.05) is 30.3 Å². The van der Waals surface area contributed by atoms with Crippen LogP contribution in [-0.2, 0) is 11.3 Å². The van der Waals surface area contributed by atoms with Crippen LogP contribution < -0.4 is 5.32 Å². The summed E-state index contributed by atoms with van der Waals surface area (Å²) < 4.78 is 5.16. The van der Waals surface area contributed by atoms with Crippen molar-refractivity contribution >= 4 is 28.7 Å². The summed E-state index contributed by atoms with van der Waals surface area (Å²) in [6.45, 7) is 0.153. The summed E-state index contributed by atoms with van der Waals surface area (Å²) in [5.41, 5.74) is 1.05. The minimum absolute atomic E-state index is 0.153. The molecule has 24 heavy (non-hydrogen) atoms. The van der Waals surface area contributed by atoms with Crippen molar-refractivity contribution in [3.63, 3.8) is 0 Å². The Labute approximate surface area is 137 Å². The Morgan fingerprint density at radius 3 is 2.62 bits per heavy atom. The van der Waals surface area contributed by atoms with Gasteiger partial charge in [0.25, 0.3) is 0 Å². The highest BCUT2D eigenvalue weighted by Crippen LogP contribution is 2.22. The molecule has 0 radical (unpaired) electrons. The number of nitrogens with zero attached hydrogens (tertiary/aromatic N) is 1. The number of anilines is 1. The van der Waals surface area contributed by atoms with Crippen molar-refractivity contribution in [2.45, 2.75) is 6.61 Å². The van der Waals surface area contributed by atoms with E-state index in [0.717, 1.165) is 5.56 Å². The highest BCUT2D eigenvalue weighted by Gasteiger charge is 2.10. The first-order valence-electron chi connectivity index (χ1n) is 7.23. The van der Waals surface area contributed by atoms with Gasteiger partial charge < -0.3 is 9.84 Å². The third kappa shape index (κ3) is 3.49. The van der Waals surface area contributed by atoms with E-state index >= 15 is 0 Å². The van der Waals surface area contributed by atoms with Gasteiger partial charge in [0.1, 0.15) is 12.4 Å². The molecule has 120 valence electrons. The summed E-state index contributed by atoms with van der Waals surface area (Å²) >= 11 is 0. The largest absolute Gasteiger partial charge is 0.478 e. The quantitative estimate of drug-likeness (QED) is 0.765. The summed E-state index contributed by atoms with van der Waals surface area (Å²) in [4.78, 5) is 27.1. The number of carboxylic acids is 1. The van der Waals surface area contributed by atoms with Crippen LogP contribution in [0.2, 0.25) is 0 Å². The van der Waals surface area contributed by atoms with Crippen LogP contribution in [0.15, 0.2) is 60.8 Å². The average Bonchev–Trinajstić information content (AvgIpc) is 2.60. The predicted octanol–water partition coefficient (Wildman–Crippen LogP) is 3.68. The Morgan fingerprint density at radius 1 is 1.08 bits per heavy atom. The van der Waals surface area contributed by atoms with Gasteiger partial charge in [-0.3, -0.25) is 5.32 Å². The second kappa shape index (κ2) is 6.78. The van der Waals surface area contributed by atoms with Gasteiger partial charge in [-0.05, 0) is 35.2 Å². The topological polar surface area (TPSA) is 88.5 Å². The lowest BCUT2D eigenvalue weighted by molar-refractivity contribution is 0.0697. The molecule has 1 amide bonds. The minimum Gasteiger partial charge on any atom is -0.478 e. The molecule has 1 heterocycles. The van der Waals surface area contributed by atoms with E-state index in [-0.39, 0.29) is 12.2 Å². The first kappa shape index (κ1) is 15.5. The SMILES string of the molecule is O=C(Nc1nccc2cc(C(=O)O)ccc12)OCc1ccccc1. The lowest BCUT2D eigenvalue weighted by atomic mass is 10.1. The molecule has 0 aliphatic heterocycles. The summed E-state index contributed by atoms with van der Waals surface area (Å²) in [7, 11) is 0. The number of amides is 1. The monoisotopic (exact) mass is 322 g/mol. The van der Waals surface area contributed by atoms with Gasteiger partial charge in [0.15, 0.2) is 0 Å². The summed E-state index contributed by atoms with van der Waals surface area (Å²) in [6, 6.07) is 15.6. The van der Waals surface area contributed by atoms with Gasteiger partial charge in [0.05, 0.1) is 5.56 Å². The zero-order valence-corrected chi connectivity index (χ0v) is 12.6. The van der Waals surface area contributed by atoms with E-state index < -0.39 is 12.1 Å². The Morgan fingerprint density at radius 2 is 1.88 bits per heavy atom. The number of nitrogens with one attached hydrogen (secondary N) is 1. The first-order chi connectivity index (χ1) is 11.6. The molecule has 0 atom stereocenters. The molecule has 3 rings (SSSR count). The van der Waals surface area contributed by atoms with Crippen molar-refractivity contribution in [1.29, 1.82) is 0 Å². The minimum atomic E-state index is -1.01. The van der Waals surface area contributed by atoms with Crippen LogP contribution >= 0.6 is 0 Å². The molecule has 0 unspecified atom stereocenters. The molecule has 2 N–H and O–H groups in total. The fourth-order valence-electron chi connectivity index (χ4n) is 2.27. The van der Waals surface area contributed by atoms with Crippen molar-refractivity contribution in [2.75, 3.05) is 5.32 Å². The van der Waals surface area contributed by atoms with E-state index in [4.69, 9.17) is 9.84 Å². The van der Waals surface area contributed by atoms with Crippen LogP contribution in [0.1, 0.15) is 15.9 Å². The van der Waals surface area contributed by atoms with Crippen molar-refractivity contribution < 1.29 is 19.4 Å². The van der Waals surface area contributed by atoms with Gasteiger partial charge in [0.2, 0.25) is 0 Å². The number of ether oxygens (including phenoxy) is 1. The van der Waals surface area contributed by atoms with Crippen LogP contribution in [0, 0.1) is 0 Å². The van der Waals surface area contributed by atoms with Crippen LogP contribution in [0.25, 0.3) is 10.8 Å². The standard InChI is InChI=1S/C18H14N2O4/c21-17(22)14-6-7-15-13(10-14)8-9-19-16(15)20-18(23)24-11-12-4-2-1-3-5-12/h1-10H,11H2,(H,21,22)(H,19,20,23). The normalized spacial score (nSPS) is 10.3. The fourth-order valence-corrected chi connectivity index (χ4v) is 2.27. The average molecular weight is 322 g/mol. The maximum absolute atomic E-state index is 11.9. The Kier molecular flexibility index (Phi) is 4.38. The smallest absolute Gasteiger partial charge is 0.413 e. The molecule has 1 aromatic heterocycles. The number of benzene rings is 2. The third-order valence-electron chi connectivity index (χ3n) is 3.44. The van der Waals surface area contributed by atoms with Gasteiger partial charge in [-0.2, -0.15) is 0 Å². The Bertz CT molecular complexity index is 894. The number of aromatic nitrogens is 1. The number of hydrogen-bond acceptors (Lipinski definition) is 4. The zero-order valence-electron chi connectivity index (χ0n) is 12.6. The van der Waals surface area contributed by atoms with Crippen LogP contribution in [0.4, 0.5) is 10.6 Å². The predicted molar refractivity (Wildman–Crippen MR) is 89.0 cm³/mol. The number of fused-ring (bicyclic) bond motifs is 1. The molecular weight excluding hydrogens is 308 g/mol. The number of carboxylic acid groups (broad SMARTS) is 1. The number of carbonyl (C=O) groups excluding carboxylic acids is 1. The number of pyridine rings is 1. The van der Waals surface area contributed by atoms with Crippen molar-refractivity contribution in [3.05, 3.63) is 71.9 Å². The Balaban J connectivity index is 1.74. The highest BCUT2D eigenvalue weighted by molar-refractivity contribution is 6.01. The first-order valence-corrected chi connectivity index (χ1v) is 7.23. The molecule has 3 aromatic rings. The molecule has 0 fully saturated rings. The molecule has 0 saturated heterocycles. The van der Waals surface area contributed by atoms with Crippen LogP contribution in [-0.4, -0.2) is 22.2 Å². The van der Waals surface area contributed by atoms with Crippen molar-refractivity contribution in [2.24, 2.45) is 0 Å². The molecule has 6 nitrogen and oxygen atoms in total. The summed E-state index contributed by atoms with van der Waals surface area (Å²) in [6.07, 6.45) is 0.877. The van der Waals surface area contributed by atoms with Crippen LogP contribution in [0.3, 0.4) is 0 Å². The van der Waals surface area contributed by atoms with Gasteiger partial charge >= 0.3 is 12.1 Å². The molecule has 0 bridgehead atoms. The molecular formula is C18H14N2O4. The van der Waals surface area contributed by atoms with E-state index in [1.54, 1.807) is 12.1 Å². The lowest BCUT2D eigenvalue weighted by Crippen LogP contribution is -2.14. The molecule has 2 aromatic carbocycles. The van der Waals surface area contributed by atoms with E-state index in [2.05, 4.69) is 10.3 Å². The second-order valence-electron chi connectivity index (χ2n) is 5.09. The number of carbonyl (C=O) groups is 2.